The van der Waals surface area contributed by atoms with Gasteiger partial charge in [-0.05, 0) is 37.3 Å². The number of thioether (sulfide) groups is 1. The standard InChI is InChI=1S/C19H28N4OS/c1-20-19(21-13-18(24)22-10-5-6-11-22)23-12-9-16(14-23)15-25-17-7-3-2-4-8-17/h2-4,7-8,16H,5-6,9-15H2,1H3,(H,20,21). The summed E-state index contributed by atoms with van der Waals surface area (Å²) < 4.78 is 0. The molecule has 0 bridgehead atoms. The third kappa shape index (κ3) is 5.14. The van der Waals surface area contributed by atoms with Crippen molar-refractivity contribution in [2.24, 2.45) is 10.9 Å². The average Bonchev–Trinajstić information content (AvgIpc) is 3.33. The summed E-state index contributed by atoms with van der Waals surface area (Å²) in [6.07, 6.45) is 3.45. The first-order valence-corrected chi connectivity index (χ1v) is 10.2. The Morgan fingerprint density at radius 2 is 1.96 bits per heavy atom. The molecule has 0 saturated carbocycles. The zero-order valence-corrected chi connectivity index (χ0v) is 15.8. The van der Waals surface area contributed by atoms with E-state index in [2.05, 4.69) is 45.5 Å². The van der Waals surface area contributed by atoms with Crippen molar-refractivity contribution in [1.29, 1.82) is 0 Å². The highest BCUT2D eigenvalue weighted by Gasteiger charge is 2.26. The molecular weight excluding hydrogens is 332 g/mol. The van der Waals surface area contributed by atoms with Gasteiger partial charge in [-0.1, -0.05) is 18.2 Å². The van der Waals surface area contributed by atoms with Crippen LogP contribution in [0.15, 0.2) is 40.2 Å². The second-order valence-electron chi connectivity index (χ2n) is 6.71. The van der Waals surface area contributed by atoms with E-state index in [0.717, 1.165) is 50.7 Å². The molecule has 2 saturated heterocycles. The SMILES string of the molecule is CN=C(NCC(=O)N1CCCC1)N1CCC(CSc2ccccc2)C1. The molecule has 25 heavy (non-hydrogen) atoms. The first-order chi connectivity index (χ1) is 12.3. The van der Waals surface area contributed by atoms with Crippen molar-refractivity contribution >= 4 is 23.6 Å². The second-order valence-corrected chi connectivity index (χ2v) is 7.81. The lowest BCUT2D eigenvalue weighted by molar-refractivity contribution is -0.128. The molecule has 1 N–H and O–H groups in total. The number of amides is 1. The van der Waals surface area contributed by atoms with Crippen LogP contribution >= 0.6 is 11.8 Å². The van der Waals surface area contributed by atoms with Gasteiger partial charge >= 0.3 is 0 Å². The molecule has 0 aromatic heterocycles. The molecule has 2 aliphatic rings. The number of nitrogens with one attached hydrogen (secondary N) is 1. The predicted octanol–water partition coefficient (Wildman–Crippen LogP) is 2.30. The Hall–Kier alpha value is -1.69. The number of hydrogen-bond donors (Lipinski definition) is 1. The van der Waals surface area contributed by atoms with Crippen molar-refractivity contribution in [1.82, 2.24) is 15.1 Å². The van der Waals surface area contributed by atoms with Gasteiger partial charge in [0.15, 0.2) is 5.96 Å². The van der Waals surface area contributed by atoms with Gasteiger partial charge in [0.05, 0.1) is 6.54 Å². The highest BCUT2D eigenvalue weighted by atomic mass is 32.2. The Morgan fingerprint density at radius 1 is 1.20 bits per heavy atom. The predicted molar refractivity (Wildman–Crippen MR) is 104 cm³/mol. The van der Waals surface area contributed by atoms with E-state index in [4.69, 9.17) is 0 Å². The zero-order valence-electron chi connectivity index (χ0n) is 15.0. The maximum absolute atomic E-state index is 12.2. The molecule has 1 unspecified atom stereocenters. The lowest BCUT2D eigenvalue weighted by Gasteiger charge is -2.23. The molecule has 6 heteroatoms. The van der Waals surface area contributed by atoms with Crippen molar-refractivity contribution in [3.8, 4) is 0 Å². The molecular formula is C19H28N4OS. The summed E-state index contributed by atoms with van der Waals surface area (Å²) in [7, 11) is 1.80. The van der Waals surface area contributed by atoms with Crippen LogP contribution < -0.4 is 5.32 Å². The maximum Gasteiger partial charge on any atom is 0.241 e. The van der Waals surface area contributed by atoms with Gasteiger partial charge in [-0.15, -0.1) is 11.8 Å². The number of aliphatic imine (C=N–C) groups is 1. The molecule has 3 rings (SSSR count). The lowest BCUT2D eigenvalue weighted by atomic mass is 10.2. The summed E-state index contributed by atoms with van der Waals surface area (Å²) >= 11 is 1.93. The number of likely N-dealkylation sites (tertiary alicyclic amines) is 2. The third-order valence-electron chi connectivity index (χ3n) is 4.88. The van der Waals surface area contributed by atoms with E-state index in [1.165, 1.54) is 11.3 Å². The molecule has 1 aromatic carbocycles. The third-order valence-corrected chi connectivity index (χ3v) is 6.13. The number of benzene rings is 1. The van der Waals surface area contributed by atoms with Gasteiger partial charge in [0.2, 0.25) is 5.91 Å². The maximum atomic E-state index is 12.2. The fourth-order valence-electron chi connectivity index (χ4n) is 3.46. The van der Waals surface area contributed by atoms with Crippen molar-refractivity contribution in [3.05, 3.63) is 30.3 Å². The lowest BCUT2D eigenvalue weighted by Crippen LogP contribution is -2.45. The minimum Gasteiger partial charge on any atom is -0.347 e. The van der Waals surface area contributed by atoms with Crippen LogP contribution in [-0.2, 0) is 4.79 Å². The van der Waals surface area contributed by atoms with Crippen LogP contribution in [-0.4, -0.2) is 67.2 Å². The summed E-state index contributed by atoms with van der Waals surface area (Å²) in [4.78, 5) is 22.1. The number of guanidine groups is 1. The van der Waals surface area contributed by atoms with Crippen molar-refractivity contribution in [2.45, 2.75) is 24.2 Å². The van der Waals surface area contributed by atoms with Crippen LogP contribution in [0.4, 0.5) is 0 Å². The zero-order chi connectivity index (χ0) is 17.5. The van der Waals surface area contributed by atoms with Crippen molar-refractivity contribution < 1.29 is 4.79 Å². The van der Waals surface area contributed by atoms with Gasteiger partial charge in [0.1, 0.15) is 0 Å². The number of carbonyl (C=O) groups excluding carboxylic acids is 1. The van der Waals surface area contributed by atoms with E-state index in [0.29, 0.717) is 12.5 Å². The van der Waals surface area contributed by atoms with E-state index < -0.39 is 0 Å². The molecule has 1 aromatic rings. The van der Waals surface area contributed by atoms with E-state index >= 15 is 0 Å². The molecule has 2 fully saturated rings. The van der Waals surface area contributed by atoms with E-state index in [1.54, 1.807) is 7.05 Å². The highest BCUT2D eigenvalue weighted by molar-refractivity contribution is 7.99. The molecule has 0 radical (unpaired) electrons. The largest absolute Gasteiger partial charge is 0.347 e. The number of hydrogen-bond acceptors (Lipinski definition) is 3. The Morgan fingerprint density at radius 3 is 2.68 bits per heavy atom. The summed E-state index contributed by atoms with van der Waals surface area (Å²) in [5.74, 6) is 2.84. The van der Waals surface area contributed by atoms with E-state index in [-0.39, 0.29) is 5.91 Å². The molecule has 2 aliphatic heterocycles. The van der Waals surface area contributed by atoms with Crippen LogP contribution in [0.3, 0.4) is 0 Å². The minimum atomic E-state index is 0.189. The highest BCUT2D eigenvalue weighted by Crippen LogP contribution is 2.25. The Bertz CT molecular complexity index is 586. The number of nitrogens with zero attached hydrogens (tertiary/aromatic N) is 3. The molecule has 1 atom stereocenters. The average molecular weight is 361 g/mol. The number of carbonyl (C=O) groups is 1. The van der Waals surface area contributed by atoms with Crippen LogP contribution in [0.25, 0.3) is 0 Å². The van der Waals surface area contributed by atoms with Crippen molar-refractivity contribution in [2.75, 3.05) is 45.5 Å². The smallest absolute Gasteiger partial charge is 0.241 e. The summed E-state index contributed by atoms with van der Waals surface area (Å²) in [6, 6.07) is 10.6. The summed E-state index contributed by atoms with van der Waals surface area (Å²) in [6.45, 7) is 4.19. The minimum absolute atomic E-state index is 0.189. The van der Waals surface area contributed by atoms with Gasteiger partial charge in [-0.3, -0.25) is 9.79 Å². The van der Waals surface area contributed by atoms with E-state index in [1.807, 2.05) is 16.7 Å². The van der Waals surface area contributed by atoms with E-state index in [9.17, 15) is 4.79 Å². The molecule has 0 spiro atoms. The molecule has 1 amide bonds. The Balaban J connectivity index is 1.42. The van der Waals surface area contributed by atoms with Gasteiger partial charge in [0, 0.05) is 43.9 Å². The van der Waals surface area contributed by atoms with Gasteiger partial charge < -0.3 is 15.1 Å². The van der Waals surface area contributed by atoms with Gasteiger partial charge in [-0.2, -0.15) is 0 Å². The fourth-order valence-corrected chi connectivity index (χ4v) is 4.51. The van der Waals surface area contributed by atoms with Gasteiger partial charge in [0.25, 0.3) is 0 Å². The molecule has 0 aliphatic carbocycles. The summed E-state index contributed by atoms with van der Waals surface area (Å²) in [5, 5.41) is 3.26. The molecule has 2 heterocycles. The number of rotatable bonds is 5. The quantitative estimate of drug-likeness (QED) is 0.497. The normalized spacial score (nSPS) is 21.0. The Labute approximate surface area is 154 Å². The van der Waals surface area contributed by atoms with Crippen LogP contribution in [0.1, 0.15) is 19.3 Å². The van der Waals surface area contributed by atoms with Crippen molar-refractivity contribution in [3.63, 3.8) is 0 Å². The summed E-state index contributed by atoms with van der Waals surface area (Å²) in [5.41, 5.74) is 0. The first-order valence-electron chi connectivity index (χ1n) is 9.17. The molecule has 136 valence electrons. The first kappa shape index (κ1) is 18.1. The van der Waals surface area contributed by atoms with Crippen LogP contribution in [0.5, 0.6) is 0 Å². The van der Waals surface area contributed by atoms with Gasteiger partial charge in [-0.25, -0.2) is 0 Å². The Kier molecular flexibility index (Phi) is 6.62. The van der Waals surface area contributed by atoms with Crippen LogP contribution in [0.2, 0.25) is 0 Å². The second kappa shape index (κ2) is 9.13. The topological polar surface area (TPSA) is 47.9 Å². The van der Waals surface area contributed by atoms with Crippen LogP contribution in [0, 0.1) is 5.92 Å². The molecule has 5 nitrogen and oxygen atoms in total. The monoisotopic (exact) mass is 360 g/mol. The fraction of sp³-hybridized carbons (Fsp3) is 0.579.